The highest BCUT2D eigenvalue weighted by Gasteiger charge is 2.22. The lowest BCUT2D eigenvalue weighted by Gasteiger charge is -2.17. The summed E-state index contributed by atoms with van der Waals surface area (Å²) >= 11 is 0. The first-order chi connectivity index (χ1) is 56.4. The van der Waals surface area contributed by atoms with Crippen LogP contribution in [0.25, 0.3) is 186 Å². The summed E-state index contributed by atoms with van der Waals surface area (Å²) in [5.41, 5.74) is 7.05. The second-order valence-electron chi connectivity index (χ2n) is 22.1. The summed E-state index contributed by atoms with van der Waals surface area (Å²) in [6.45, 7) is 0. The molecule has 17 aromatic carbocycles. The summed E-state index contributed by atoms with van der Waals surface area (Å²) < 4.78 is 243. The topological polar surface area (TPSA) is 26.3 Å². The maximum absolute atomic E-state index is 9.31. The Balaban J connectivity index is 0.000000163. The van der Waals surface area contributed by atoms with Gasteiger partial charge in [0.2, 0.25) is 0 Å². The second kappa shape index (κ2) is 21.9. The maximum atomic E-state index is 9.31. The van der Waals surface area contributed by atoms with Gasteiger partial charge in [-0.15, -0.1) is 0 Å². The molecule has 19 rings (SSSR count). The molecule has 0 aliphatic heterocycles. The van der Waals surface area contributed by atoms with Crippen LogP contribution in [-0.4, -0.2) is 0 Å². The van der Waals surface area contributed by atoms with Gasteiger partial charge in [0.1, 0.15) is 22.3 Å². The van der Waals surface area contributed by atoms with Gasteiger partial charge in [0.25, 0.3) is 0 Å². The fourth-order valence-corrected chi connectivity index (χ4v) is 13.2. The Morgan fingerprint density at radius 2 is 0.587 bits per heavy atom. The van der Waals surface area contributed by atoms with E-state index in [-0.39, 0.29) is 65.3 Å². The van der Waals surface area contributed by atoms with Crippen molar-refractivity contribution in [1.29, 1.82) is 0 Å². The van der Waals surface area contributed by atoms with Crippen molar-refractivity contribution in [3.63, 3.8) is 0 Å². The molecule has 2 heteroatoms. The van der Waals surface area contributed by atoms with E-state index in [4.69, 9.17) is 33.5 Å². The third-order valence-corrected chi connectivity index (χ3v) is 17.2. The van der Waals surface area contributed by atoms with Crippen molar-refractivity contribution in [2.45, 2.75) is 0 Å². The molecular formula is C90H56O2. The smallest absolute Gasteiger partial charge is 0.143 e. The first-order valence-electron chi connectivity index (χ1n) is 42.5. The summed E-state index contributed by atoms with van der Waals surface area (Å²) in [6, 6.07) is 41.6. The van der Waals surface area contributed by atoms with E-state index in [0.717, 1.165) is 65.7 Å². The van der Waals surface area contributed by atoms with Gasteiger partial charge < -0.3 is 8.83 Å². The molecule has 0 fully saturated rings. The molecule has 0 radical (unpaired) electrons. The van der Waals surface area contributed by atoms with Crippen LogP contribution in [0.2, 0.25) is 0 Å². The zero-order valence-electron chi connectivity index (χ0n) is 74.1. The van der Waals surface area contributed by atoms with Gasteiger partial charge >= 0.3 is 0 Å². The minimum absolute atomic E-state index is 0.0584. The highest BCUT2D eigenvalue weighted by molar-refractivity contribution is 6.25. The van der Waals surface area contributed by atoms with Crippen molar-refractivity contribution in [2.24, 2.45) is 0 Å². The van der Waals surface area contributed by atoms with Crippen LogP contribution in [0, 0.1) is 0 Å². The van der Waals surface area contributed by atoms with E-state index in [1.165, 1.54) is 0 Å². The first kappa shape index (κ1) is 32.9. The molecule has 2 heterocycles. The number of fused-ring (bicyclic) bond motifs is 13. The highest BCUT2D eigenvalue weighted by Crippen LogP contribution is 2.49. The van der Waals surface area contributed by atoms with E-state index >= 15 is 0 Å². The van der Waals surface area contributed by atoms with Gasteiger partial charge in [-0.3, -0.25) is 0 Å². The summed E-state index contributed by atoms with van der Waals surface area (Å²) in [4.78, 5) is 0. The number of rotatable bonds is 7. The maximum Gasteiger partial charge on any atom is 0.143 e. The third-order valence-electron chi connectivity index (χ3n) is 17.2. The summed E-state index contributed by atoms with van der Waals surface area (Å²) in [6.07, 6.45) is 0. The zero-order valence-corrected chi connectivity index (χ0v) is 48.1. The third kappa shape index (κ3) is 8.72. The summed E-state index contributed by atoms with van der Waals surface area (Å²) in [5, 5.41) is 5.42. The Kier molecular flexibility index (Phi) is 7.83. The number of para-hydroxylation sites is 2. The van der Waals surface area contributed by atoms with E-state index in [2.05, 4.69) is 42.5 Å². The van der Waals surface area contributed by atoms with E-state index in [1.807, 2.05) is 103 Å². The first-order valence-corrected chi connectivity index (χ1v) is 29.5. The van der Waals surface area contributed by atoms with Gasteiger partial charge in [-0.2, -0.15) is 0 Å². The van der Waals surface area contributed by atoms with Crippen LogP contribution in [0.15, 0.2) is 348 Å². The van der Waals surface area contributed by atoms with Crippen molar-refractivity contribution in [2.75, 3.05) is 0 Å². The second-order valence-corrected chi connectivity index (χ2v) is 22.1. The van der Waals surface area contributed by atoms with E-state index in [0.29, 0.717) is 44.2 Å². The molecular weight excluding hydrogens is 1110 g/mol. The fraction of sp³-hybridized carbons (Fsp3) is 0. The molecule has 0 saturated carbocycles. The number of hydrogen-bond acceptors (Lipinski definition) is 2. The highest BCUT2D eigenvalue weighted by atomic mass is 16.3. The van der Waals surface area contributed by atoms with Crippen molar-refractivity contribution < 1.29 is 44.5 Å². The number of hydrogen-bond donors (Lipinski definition) is 0. The van der Waals surface area contributed by atoms with Gasteiger partial charge in [0, 0.05) is 32.7 Å². The Bertz CT molecular complexity index is 7550. The van der Waals surface area contributed by atoms with E-state index < -0.39 is 168 Å². The Labute approximate surface area is 568 Å². The molecule has 0 N–H and O–H groups in total. The standard InChI is InChI=1S/C46H28O.C44H28O/c1-2-13-30(14-3-1)44-34-17-6-8-19-36(34)45(37-20-9-7-18-35(37)44)32-26-27-42-41(28-32)40-23-11-22-39(46(40)47-42)38-21-10-15-31-25-24-29-12-4-5-16-33(29)43(31)38;1-3-13-29(14-4-1)31-17-11-18-32(27-31)34-23-12-24-39-40-28-33(25-26-41(40)45-44(34)39)43-37-21-9-7-19-35(37)42(30-15-5-2-6-16-30)36-20-8-10-22-38(36)43/h1-28H;1-28H/i1D,2D,3D,6D,7D,8D,9D,13D,14D,17D,18D,19D,20D;2D,5D,6D,7D,8D,9D,10D,15D,16D,19D,20D,21D,22D. The molecule has 0 amide bonds. The van der Waals surface area contributed by atoms with Gasteiger partial charge in [-0.25, -0.2) is 0 Å². The van der Waals surface area contributed by atoms with Crippen molar-refractivity contribution in [3.8, 4) is 77.9 Å². The Hall–Kier alpha value is -12.1. The molecule has 0 aliphatic carbocycles. The lowest BCUT2D eigenvalue weighted by Crippen LogP contribution is -1.90. The lowest BCUT2D eigenvalue weighted by molar-refractivity contribution is 0.669. The molecule has 19 aromatic rings. The molecule has 0 spiro atoms. The fourth-order valence-electron chi connectivity index (χ4n) is 13.2. The molecule has 0 atom stereocenters. The monoisotopic (exact) mass is 1190 g/mol. The van der Waals surface area contributed by atoms with Gasteiger partial charge in [0.15, 0.2) is 0 Å². The average Bonchev–Trinajstić information content (AvgIpc) is 0.849. The molecule has 2 aromatic heterocycles. The minimum atomic E-state index is -0.716. The Morgan fingerprint density at radius 3 is 1.12 bits per heavy atom. The normalized spacial score (nSPS) is 15.7. The molecule has 0 aliphatic rings. The molecule has 0 saturated heterocycles. The van der Waals surface area contributed by atoms with Gasteiger partial charge in [0.05, 0.1) is 35.6 Å². The molecule has 92 heavy (non-hydrogen) atoms. The van der Waals surface area contributed by atoms with Crippen LogP contribution in [-0.2, 0) is 0 Å². The van der Waals surface area contributed by atoms with Crippen LogP contribution in [0.3, 0.4) is 0 Å². The van der Waals surface area contributed by atoms with Crippen LogP contribution >= 0.6 is 0 Å². The predicted octanol–water partition coefficient (Wildman–Crippen LogP) is 25.8. The predicted molar refractivity (Wildman–Crippen MR) is 391 cm³/mol. The number of benzene rings is 17. The zero-order chi connectivity index (χ0) is 83.3. The number of furan rings is 2. The van der Waals surface area contributed by atoms with Crippen molar-refractivity contribution in [3.05, 3.63) is 339 Å². The van der Waals surface area contributed by atoms with E-state index in [9.17, 15) is 11.0 Å². The van der Waals surface area contributed by atoms with E-state index in [1.54, 1.807) is 36.4 Å². The minimum Gasteiger partial charge on any atom is -0.455 e. The molecule has 2 nitrogen and oxygen atoms in total. The summed E-state index contributed by atoms with van der Waals surface area (Å²) in [5.74, 6) is 0. The molecule has 0 unspecified atom stereocenters. The SMILES string of the molecule is [2H]c1c([2H])c([2H])c(-c2c3c([2H])c([2H])c([2H])c([2H])c3c(-c3ccc4oc5c(-c6cccc(-c7ccccc7)c6)cccc5c4c3)c3c([2H])c([2H])c([2H])c([2H])c23)c([2H])c1[2H].[2H]c1c([2H])c([2H])c(-c2c3c([2H])c([2H])c([2H])c([2H])c3c(-c3ccc4oc5c(-c6cccc7ccc8ccccc8c67)cccc5c4c3)c3c([2H])c([2H])c([2H])c([2H])c23)c([2H])c1[2H]. The van der Waals surface area contributed by atoms with Gasteiger partial charge in [-0.1, -0.05) is 309 Å². The largest absolute Gasteiger partial charge is 0.455 e. The summed E-state index contributed by atoms with van der Waals surface area (Å²) in [7, 11) is 0. The van der Waals surface area contributed by atoms with Gasteiger partial charge in [-0.05, 0) is 162 Å². The average molecular weight is 1200 g/mol. The van der Waals surface area contributed by atoms with Crippen molar-refractivity contribution in [1.82, 2.24) is 0 Å². The van der Waals surface area contributed by atoms with Crippen LogP contribution in [0.1, 0.15) is 35.6 Å². The van der Waals surface area contributed by atoms with Crippen LogP contribution in [0.5, 0.6) is 0 Å². The lowest BCUT2D eigenvalue weighted by atomic mass is 9.86. The van der Waals surface area contributed by atoms with Crippen LogP contribution < -0.4 is 0 Å². The van der Waals surface area contributed by atoms with Crippen molar-refractivity contribution >= 4 is 109 Å². The molecule has 0 bridgehead atoms. The van der Waals surface area contributed by atoms with Crippen LogP contribution in [0.4, 0.5) is 0 Å². The Morgan fingerprint density at radius 1 is 0.207 bits per heavy atom. The molecule has 428 valence electrons. The quantitative estimate of drug-likeness (QED) is 0.117.